The number of amides is 1. The van der Waals surface area contributed by atoms with Crippen LogP contribution in [0.3, 0.4) is 0 Å². The Morgan fingerprint density at radius 1 is 1.13 bits per heavy atom. The van der Waals surface area contributed by atoms with Gasteiger partial charge in [0.05, 0.1) is 11.0 Å². The van der Waals surface area contributed by atoms with Crippen molar-refractivity contribution in [1.29, 1.82) is 0 Å². The van der Waals surface area contributed by atoms with Gasteiger partial charge in [0.25, 0.3) is 5.91 Å². The molecule has 3 aromatic rings. The second-order valence-corrected chi connectivity index (χ2v) is 6.66. The molecule has 0 aliphatic rings. The van der Waals surface area contributed by atoms with Crippen LogP contribution < -0.4 is 5.32 Å². The Morgan fingerprint density at radius 2 is 1.83 bits per heavy atom. The molecule has 2 N–H and O–H groups in total. The van der Waals surface area contributed by atoms with Crippen LogP contribution in [-0.4, -0.2) is 23.7 Å². The fourth-order valence-corrected chi connectivity index (χ4v) is 3.77. The minimum Gasteiger partial charge on any atom is -0.391 e. The third-order valence-corrected chi connectivity index (χ3v) is 5.13. The number of aliphatic hydroxyl groups is 1. The number of hydrogen-bond donors (Lipinski definition) is 2. The van der Waals surface area contributed by atoms with Crippen molar-refractivity contribution in [1.82, 2.24) is 5.32 Å². The molecular weight excluding hydrogens is 306 g/mol. The molecule has 1 aromatic heterocycles. The van der Waals surface area contributed by atoms with Crippen LogP contribution in [-0.2, 0) is 6.42 Å². The number of fused-ring (bicyclic) bond motifs is 1. The van der Waals surface area contributed by atoms with Crippen molar-refractivity contribution in [3.05, 3.63) is 70.6 Å². The molecule has 0 aliphatic heterocycles. The smallest absolute Gasteiger partial charge is 0.261 e. The second kappa shape index (κ2) is 6.94. The number of benzene rings is 2. The van der Waals surface area contributed by atoms with E-state index in [0.717, 1.165) is 26.1 Å². The van der Waals surface area contributed by atoms with Crippen molar-refractivity contribution in [2.75, 3.05) is 6.54 Å². The third kappa shape index (κ3) is 3.60. The lowest BCUT2D eigenvalue weighted by molar-refractivity contribution is 0.0919. The van der Waals surface area contributed by atoms with Gasteiger partial charge in [-0.15, -0.1) is 11.3 Å². The Morgan fingerprint density at radius 3 is 2.57 bits per heavy atom. The molecule has 118 valence electrons. The standard InChI is InChI=1S/C19H19NO2S/c1-13-16-9-5-6-10-17(16)23-18(13)19(22)20-12-15(21)11-14-7-3-2-4-8-14/h2-10,15,21H,11-12H2,1H3,(H,20,22). The minimum atomic E-state index is -0.587. The summed E-state index contributed by atoms with van der Waals surface area (Å²) in [5, 5.41) is 14.1. The maximum atomic E-state index is 12.4. The van der Waals surface area contributed by atoms with Crippen molar-refractivity contribution in [3.63, 3.8) is 0 Å². The van der Waals surface area contributed by atoms with Crippen LogP contribution in [0.25, 0.3) is 10.1 Å². The zero-order chi connectivity index (χ0) is 16.2. The SMILES string of the molecule is Cc1c(C(=O)NCC(O)Cc2ccccc2)sc2ccccc12. The molecule has 2 aromatic carbocycles. The van der Waals surface area contributed by atoms with Crippen LogP contribution in [0.5, 0.6) is 0 Å². The lowest BCUT2D eigenvalue weighted by Crippen LogP contribution is -2.33. The number of thiophene rings is 1. The Balaban J connectivity index is 1.63. The van der Waals surface area contributed by atoms with Crippen LogP contribution in [0.15, 0.2) is 54.6 Å². The third-order valence-electron chi connectivity index (χ3n) is 3.86. The van der Waals surface area contributed by atoms with Crippen LogP contribution in [0.2, 0.25) is 0 Å². The van der Waals surface area contributed by atoms with Crippen molar-refractivity contribution >= 4 is 27.3 Å². The fraction of sp³-hybridized carbons (Fsp3) is 0.211. The van der Waals surface area contributed by atoms with Gasteiger partial charge in [-0.25, -0.2) is 0 Å². The molecule has 0 bridgehead atoms. The number of rotatable bonds is 5. The van der Waals surface area contributed by atoms with E-state index in [9.17, 15) is 9.90 Å². The van der Waals surface area contributed by atoms with Crippen LogP contribution in [0.4, 0.5) is 0 Å². The Labute approximate surface area is 139 Å². The average Bonchev–Trinajstić information content (AvgIpc) is 2.91. The summed E-state index contributed by atoms with van der Waals surface area (Å²) in [7, 11) is 0. The molecule has 3 rings (SSSR count). The van der Waals surface area contributed by atoms with Crippen molar-refractivity contribution in [3.8, 4) is 0 Å². The summed E-state index contributed by atoms with van der Waals surface area (Å²) >= 11 is 1.49. The van der Waals surface area contributed by atoms with E-state index in [0.29, 0.717) is 6.42 Å². The number of aliphatic hydroxyl groups excluding tert-OH is 1. The summed E-state index contributed by atoms with van der Waals surface area (Å²) in [5.74, 6) is -0.115. The fourth-order valence-electron chi connectivity index (χ4n) is 2.64. The molecule has 3 nitrogen and oxygen atoms in total. The highest BCUT2D eigenvalue weighted by atomic mass is 32.1. The van der Waals surface area contributed by atoms with Gasteiger partial charge in [0.1, 0.15) is 0 Å². The van der Waals surface area contributed by atoms with Crippen molar-refractivity contribution in [2.24, 2.45) is 0 Å². The first-order valence-electron chi connectivity index (χ1n) is 7.63. The Bertz CT molecular complexity index is 811. The van der Waals surface area contributed by atoms with E-state index in [4.69, 9.17) is 0 Å². The van der Waals surface area contributed by atoms with Crippen molar-refractivity contribution < 1.29 is 9.90 Å². The van der Waals surface area contributed by atoms with Gasteiger partial charge >= 0.3 is 0 Å². The Hall–Kier alpha value is -2.17. The van der Waals surface area contributed by atoms with E-state index in [1.165, 1.54) is 11.3 Å². The molecule has 0 aliphatic carbocycles. The summed E-state index contributed by atoms with van der Waals surface area (Å²) in [6, 6.07) is 17.8. The van der Waals surface area contributed by atoms with E-state index < -0.39 is 6.10 Å². The minimum absolute atomic E-state index is 0.115. The van der Waals surface area contributed by atoms with Gasteiger partial charge in [-0.2, -0.15) is 0 Å². The summed E-state index contributed by atoms with van der Waals surface area (Å²) in [5.41, 5.74) is 2.06. The first-order valence-corrected chi connectivity index (χ1v) is 8.45. The molecule has 1 atom stereocenters. The number of hydrogen-bond acceptors (Lipinski definition) is 3. The first-order chi connectivity index (χ1) is 11.1. The highest BCUT2D eigenvalue weighted by Crippen LogP contribution is 2.30. The molecule has 1 unspecified atom stereocenters. The monoisotopic (exact) mass is 325 g/mol. The van der Waals surface area contributed by atoms with E-state index in [1.807, 2.05) is 61.5 Å². The van der Waals surface area contributed by atoms with E-state index in [-0.39, 0.29) is 12.5 Å². The van der Waals surface area contributed by atoms with Crippen molar-refractivity contribution in [2.45, 2.75) is 19.4 Å². The number of carbonyl (C=O) groups excluding carboxylic acids is 1. The van der Waals surface area contributed by atoms with E-state index >= 15 is 0 Å². The molecule has 0 spiro atoms. The Kier molecular flexibility index (Phi) is 4.74. The first kappa shape index (κ1) is 15.7. The zero-order valence-corrected chi connectivity index (χ0v) is 13.8. The van der Waals surface area contributed by atoms with Gasteiger partial charge in [-0.05, 0) is 29.5 Å². The molecule has 23 heavy (non-hydrogen) atoms. The zero-order valence-electron chi connectivity index (χ0n) is 13.0. The molecule has 1 heterocycles. The molecular formula is C19H19NO2S. The molecule has 0 saturated heterocycles. The second-order valence-electron chi connectivity index (χ2n) is 5.61. The predicted octanol–water partition coefficient (Wildman–Crippen LogP) is 3.54. The average molecular weight is 325 g/mol. The summed E-state index contributed by atoms with van der Waals surface area (Å²) in [6.45, 7) is 2.22. The largest absolute Gasteiger partial charge is 0.391 e. The summed E-state index contributed by atoms with van der Waals surface area (Å²) in [4.78, 5) is 13.1. The topological polar surface area (TPSA) is 49.3 Å². The van der Waals surface area contributed by atoms with Crippen LogP contribution >= 0.6 is 11.3 Å². The summed E-state index contributed by atoms with van der Waals surface area (Å²) < 4.78 is 1.11. The van der Waals surface area contributed by atoms with Gasteiger partial charge in [0, 0.05) is 17.7 Å². The molecule has 4 heteroatoms. The predicted molar refractivity (Wildman–Crippen MR) is 95.0 cm³/mol. The van der Waals surface area contributed by atoms with Crippen LogP contribution in [0, 0.1) is 6.92 Å². The van der Waals surface area contributed by atoms with E-state index in [2.05, 4.69) is 5.32 Å². The highest BCUT2D eigenvalue weighted by Gasteiger charge is 2.16. The van der Waals surface area contributed by atoms with Crippen LogP contribution in [0.1, 0.15) is 20.8 Å². The summed E-state index contributed by atoms with van der Waals surface area (Å²) in [6.07, 6.45) is -0.0528. The van der Waals surface area contributed by atoms with E-state index in [1.54, 1.807) is 0 Å². The van der Waals surface area contributed by atoms with Gasteiger partial charge in [-0.1, -0.05) is 48.5 Å². The molecule has 1 amide bonds. The maximum absolute atomic E-state index is 12.4. The lowest BCUT2D eigenvalue weighted by Gasteiger charge is -2.11. The normalized spacial score (nSPS) is 12.3. The molecule has 0 fully saturated rings. The van der Waals surface area contributed by atoms with Gasteiger partial charge in [-0.3, -0.25) is 4.79 Å². The molecule has 0 radical (unpaired) electrons. The van der Waals surface area contributed by atoms with Gasteiger partial charge in [0.15, 0.2) is 0 Å². The lowest BCUT2D eigenvalue weighted by atomic mass is 10.1. The van der Waals surface area contributed by atoms with Gasteiger partial charge in [0.2, 0.25) is 0 Å². The number of nitrogens with one attached hydrogen (secondary N) is 1. The number of aryl methyl sites for hydroxylation is 1. The number of carbonyl (C=O) groups is 1. The highest BCUT2D eigenvalue weighted by molar-refractivity contribution is 7.21. The molecule has 0 saturated carbocycles. The quantitative estimate of drug-likeness (QED) is 0.754. The van der Waals surface area contributed by atoms with Gasteiger partial charge < -0.3 is 10.4 Å². The maximum Gasteiger partial charge on any atom is 0.261 e.